The highest BCUT2D eigenvalue weighted by atomic mass is 31.2. The van der Waals surface area contributed by atoms with E-state index >= 15 is 0 Å². The number of aliphatic hydroxyl groups excluding tert-OH is 1. The molecule has 0 saturated carbocycles. The van der Waals surface area contributed by atoms with Gasteiger partial charge in [0.2, 0.25) is 0 Å². The highest BCUT2D eigenvalue weighted by Crippen LogP contribution is 2.45. The van der Waals surface area contributed by atoms with E-state index in [-0.39, 0.29) is 25.7 Å². The zero-order chi connectivity index (χ0) is 61.1. The fourth-order valence-electron chi connectivity index (χ4n) is 9.19. The molecule has 0 fully saturated rings. The number of rotatable bonds is 60. The zero-order valence-electron chi connectivity index (χ0n) is 53.1. The van der Waals surface area contributed by atoms with Gasteiger partial charge in [-0.3, -0.25) is 37.3 Å². The Morgan fingerprint density at radius 2 is 0.585 bits per heavy atom. The molecule has 0 rings (SSSR count). The molecule has 0 amide bonds. The van der Waals surface area contributed by atoms with Gasteiger partial charge in [0.25, 0.3) is 0 Å². The van der Waals surface area contributed by atoms with Crippen molar-refractivity contribution in [1.82, 2.24) is 0 Å². The number of hydrogen-bond acceptors (Lipinski definition) is 15. The predicted molar refractivity (Wildman–Crippen MR) is 326 cm³/mol. The smallest absolute Gasteiger partial charge is 0.462 e. The molecular weight excluding hydrogens is 1090 g/mol. The molecule has 7 atom stereocenters. The van der Waals surface area contributed by atoms with Crippen molar-refractivity contribution in [3.8, 4) is 0 Å². The van der Waals surface area contributed by atoms with Crippen LogP contribution in [0.25, 0.3) is 0 Å². The summed E-state index contributed by atoms with van der Waals surface area (Å²) in [7, 11) is -9.89. The van der Waals surface area contributed by atoms with Gasteiger partial charge in [-0.1, -0.05) is 248 Å². The molecule has 0 aliphatic rings. The van der Waals surface area contributed by atoms with Crippen LogP contribution < -0.4 is 0 Å². The summed E-state index contributed by atoms with van der Waals surface area (Å²) < 4.78 is 67.9. The van der Waals surface area contributed by atoms with Gasteiger partial charge in [0, 0.05) is 25.7 Å². The van der Waals surface area contributed by atoms with Gasteiger partial charge >= 0.3 is 39.5 Å². The summed E-state index contributed by atoms with van der Waals surface area (Å²) in [4.78, 5) is 72.1. The molecule has 82 heavy (non-hydrogen) atoms. The number of carbonyl (C=O) groups excluding carboxylic acids is 4. The Kier molecular flexibility index (Phi) is 52.0. The first kappa shape index (κ1) is 80.1. The van der Waals surface area contributed by atoms with E-state index in [0.29, 0.717) is 31.6 Å². The first-order valence-corrected chi connectivity index (χ1v) is 35.8. The van der Waals surface area contributed by atoms with Crippen molar-refractivity contribution < 1.29 is 80.2 Å². The van der Waals surface area contributed by atoms with Crippen LogP contribution in [0, 0.1) is 23.7 Å². The van der Waals surface area contributed by atoms with E-state index in [0.717, 1.165) is 114 Å². The van der Waals surface area contributed by atoms with E-state index in [4.69, 9.17) is 37.0 Å². The van der Waals surface area contributed by atoms with Gasteiger partial charge in [0.05, 0.1) is 26.4 Å². The van der Waals surface area contributed by atoms with Crippen molar-refractivity contribution >= 4 is 39.5 Å². The molecular formula is C63H122O17P2. The van der Waals surface area contributed by atoms with Gasteiger partial charge < -0.3 is 33.8 Å². The van der Waals surface area contributed by atoms with Gasteiger partial charge in [-0.05, 0) is 49.4 Å². The molecule has 0 aromatic rings. The average molecular weight is 1210 g/mol. The van der Waals surface area contributed by atoms with E-state index in [1.54, 1.807) is 0 Å². The van der Waals surface area contributed by atoms with Gasteiger partial charge in [-0.15, -0.1) is 0 Å². The number of unbranched alkanes of at least 4 members (excludes halogenated alkanes) is 24. The second kappa shape index (κ2) is 53.3. The molecule has 0 aliphatic heterocycles. The second-order valence-electron chi connectivity index (χ2n) is 24.2. The molecule has 0 bridgehead atoms. The first-order chi connectivity index (χ1) is 39.2. The standard InChI is InChI=1S/C63H122O17P2/c1-9-55(7)41-33-25-16-12-14-18-29-37-45-62(67)79-58(49-73-60(65)43-35-27-17-13-11-15-23-31-39-53(3)4)51-77-81(69,70)75-47-57(64)48-76-82(71,72)78-52-59(80-63(68)46-38-30-21-19-24-32-40-54(5)6)50-74-61(66)44-36-28-22-20-26-34-42-56(8)10-2/h53-59,64H,9-52H2,1-8H3,(H,69,70)(H,71,72)/t55?,56?,57-,58-,59-/m1/s1. The van der Waals surface area contributed by atoms with Crippen LogP contribution in [0.5, 0.6) is 0 Å². The summed E-state index contributed by atoms with van der Waals surface area (Å²) >= 11 is 0. The predicted octanol–water partition coefficient (Wildman–Crippen LogP) is 17.0. The monoisotopic (exact) mass is 1210 g/mol. The van der Waals surface area contributed by atoms with Crippen molar-refractivity contribution in [2.45, 2.75) is 318 Å². The van der Waals surface area contributed by atoms with Crippen molar-refractivity contribution in [2.24, 2.45) is 23.7 Å². The Bertz CT molecular complexity index is 1650. The number of aliphatic hydroxyl groups is 1. The number of phosphoric acid groups is 2. The summed E-state index contributed by atoms with van der Waals surface area (Å²) in [5.41, 5.74) is 0. The quantitative estimate of drug-likeness (QED) is 0.0222. The lowest BCUT2D eigenvalue weighted by molar-refractivity contribution is -0.161. The summed E-state index contributed by atoms with van der Waals surface area (Å²) in [5.74, 6) is 0.750. The number of carbonyl (C=O) groups is 4. The zero-order valence-corrected chi connectivity index (χ0v) is 54.9. The largest absolute Gasteiger partial charge is 0.472 e. The fourth-order valence-corrected chi connectivity index (χ4v) is 10.8. The average Bonchev–Trinajstić information content (AvgIpc) is 3.44. The number of esters is 4. The molecule has 486 valence electrons. The Balaban J connectivity index is 5.26. The Morgan fingerprint density at radius 3 is 0.866 bits per heavy atom. The maximum Gasteiger partial charge on any atom is 0.472 e. The van der Waals surface area contributed by atoms with E-state index in [2.05, 4.69) is 55.4 Å². The highest BCUT2D eigenvalue weighted by Gasteiger charge is 2.30. The summed E-state index contributed by atoms with van der Waals surface area (Å²) in [6.07, 6.45) is 32.3. The lowest BCUT2D eigenvalue weighted by atomic mass is 9.99. The minimum atomic E-state index is -4.94. The van der Waals surface area contributed by atoms with Crippen LogP contribution in [0.3, 0.4) is 0 Å². The minimum absolute atomic E-state index is 0.100. The van der Waals surface area contributed by atoms with Crippen LogP contribution in [-0.4, -0.2) is 96.7 Å². The minimum Gasteiger partial charge on any atom is -0.462 e. The number of phosphoric ester groups is 2. The molecule has 0 aromatic carbocycles. The lowest BCUT2D eigenvalue weighted by Gasteiger charge is -2.21. The molecule has 4 unspecified atom stereocenters. The molecule has 0 saturated heterocycles. The van der Waals surface area contributed by atoms with Crippen molar-refractivity contribution in [2.75, 3.05) is 39.6 Å². The molecule has 0 radical (unpaired) electrons. The Hall–Kier alpha value is -1.94. The van der Waals surface area contributed by atoms with E-state index in [1.807, 2.05) is 0 Å². The topological polar surface area (TPSA) is 237 Å². The van der Waals surface area contributed by atoms with Crippen LogP contribution in [0.2, 0.25) is 0 Å². The van der Waals surface area contributed by atoms with Crippen LogP contribution >= 0.6 is 15.6 Å². The van der Waals surface area contributed by atoms with Crippen molar-refractivity contribution in [1.29, 1.82) is 0 Å². The van der Waals surface area contributed by atoms with Gasteiger partial charge in [-0.2, -0.15) is 0 Å². The fraction of sp³-hybridized carbons (Fsp3) is 0.937. The van der Waals surface area contributed by atoms with E-state index in [1.165, 1.54) is 96.3 Å². The third-order valence-electron chi connectivity index (χ3n) is 15.0. The normalized spacial score (nSPS) is 15.1. The van der Waals surface area contributed by atoms with Crippen LogP contribution in [0.4, 0.5) is 0 Å². The molecule has 0 spiro atoms. The first-order valence-electron chi connectivity index (χ1n) is 32.8. The molecule has 0 heterocycles. The van der Waals surface area contributed by atoms with E-state index in [9.17, 15) is 43.2 Å². The summed E-state index contributed by atoms with van der Waals surface area (Å²) in [6.45, 7) is 13.9. The van der Waals surface area contributed by atoms with Crippen molar-refractivity contribution in [3.05, 3.63) is 0 Å². The second-order valence-corrected chi connectivity index (χ2v) is 27.1. The lowest BCUT2D eigenvalue weighted by Crippen LogP contribution is -2.30. The van der Waals surface area contributed by atoms with Gasteiger partial charge in [0.15, 0.2) is 12.2 Å². The maximum absolute atomic E-state index is 13.0. The molecule has 0 aliphatic carbocycles. The number of hydrogen-bond donors (Lipinski definition) is 3. The van der Waals surface area contributed by atoms with Gasteiger partial charge in [-0.25, -0.2) is 9.13 Å². The Labute approximate surface area is 498 Å². The molecule has 3 N–H and O–H groups in total. The van der Waals surface area contributed by atoms with Gasteiger partial charge in [0.1, 0.15) is 19.3 Å². The number of ether oxygens (including phenoxy) is 4. The summed E-state index contributed by atoms with van der Waals surface area (Å²) in [6, 6.07) is 0. The molecule has 19 heteroatoms. The third-order valence-corrected chi connectivity index (χ3v) is 16.9. The third kappa shape index (κ3) is 54.7. The van der Waals surface area contributed by atoms with Crippen molar-refractivity contribution in [3.63, 3.8) is 0 Å². The summed E-state index contributed by atoms with van der Waals surface area (Å²) in [5, 5.41) is 10.5. The van der Waals surface area contributed by atoms with Crippen LogP contribution in [-0.2, 0) is 65.4 Å². The van der Waals surface area contributed by atoms with Crippen LogP contribution in [0.1, 0.15) is 299 Å². The maximum atomic E-state index is 13.0. The molecule has 0 aromatic heterocycles. The molecule has 17 nitrogen and oxygen atoms in total. The SMILES string of the molecule is CCC(C)CCCCCCCCCCC(=O)O[C@H](COC(=O)CCCCCCCCCCC(C)C)COP(=O)(O)OC[C@@H](O)COP(=O)(O)OC[C@@H](COC(=O)CCCCCCCCC(C)CC)OC(=O)CCCCCCCCC(C)C. The Morgan fingerprint density at radius 1 is 0.341 bits per heavy atom. The van der Waals surface area contributed by atoms with E-state index < -0.39 is 97.5 Å². The highest BCUT2D eigenvalue weighted by molar-refractivity contribution is 7.47. The van der Waals surface area contributed by atoms with Crippen LogP contribution in [0.15, 0.2) is 0 Å².